The predicted octanol–water partition coefficient (Wildman–Crippen LogP) is 7.03. The van der Waals surface area contributed by atoms with E-state index >= 15 is 0 Å². The molecule has 0 aromatic heterocycles. The lowest BCUT2D eigenvalue weighted by Crippen LogP contribution is -2.27. The van der Waals surface area contributed by atoms with E-state index in [-0.39, 0.29) is 11.8 Å². The zero-order valence-corrected chi connectivity index (χ0v) is 18.0. The molecular weight excluding hydrogens is 368 g/mol. The minimum atomic E-state index is 0.274. The van der Waals surface area contributed by atoms with Crippen LogP contribution >= 0.6 is 0 Å². The van der Waals surface area contributed by atoms with Gasteiger partial charge in [0.05, 0.1) is 13.2 Å². The summed E-state index contributed by atoms with van der Waals surface area (Å²) in [6.07, 6.45) is 4.49. The van der Waals surface area contributed by atoms with E-state index in [1.54, 1.807) is 0 Å². The van der Waals surface area contributed by atoms with Crippen molar-refractivity contribution in [3.05, 3.63) is 94.0 Å². The first kappa shape index (κ1) is 19.2. The van der Waals surface area contributed by atoms with E-state index < -0.39 is 0 Å². The van der Waals surface area contributed by atoms with Crippen LogP contribution < -0.4 is 9.47 Å². The minimum Gasteiger partial charge on any atom is -0.494 e. The fourth-order valence-electron chi connectivity index (χ4n) is 5.02. The number of unbranched alkanes of at least 4 members (excludes halogenated alkanes) is 2. The summed E-state index contributed by atoms with van der Waals surface area (Å²) in [5.41, 5.74) is 8.51. The van der Waals surface area contributed by atoms with Gasteiger partial charge in [-0.15, -0.1) is 0 Å². The summed E-state index contributed by atoms with van der Waals surface area (Å²) in [5, 5.41) is 0. The first-order chi connectivity index (χ1) is 14.8. The van der Waals surface area contributed by atoms with Crippen LogP contribution in [-0.4, -0.2) is 13.2 Å². The molecule has 0 fully saturated rings. The molecule has 30 heavy (non-hydrogen) atoms. The number of benzene rings is 3. The average Bonchev–Trinajstić information content (AvgIpc) is 2.79. The van der Waals surface area contributed by atoms with Crippen LogP contribution in [0.25, 0.3) is 0 Å². The summed E-state index contributed by atoms with van der Waals surface area (Å²) in [7, 11) is 0. The van der Waals surface area contributed by atoms with E-state index in [4.69, 9.17) is 9.47 Å². The maximum absolute atomic E-state index is 6.05. The monoisotopic (exact) mass is 398 g/mol. The normalized spacial score (nSPS) is 17.8. The molecule has 2 nitrogen and oxygen atoms in total. The molecule has 154 valence electrons. The largest absolute Gasteiger partial charge is 0.494 e. The van der Waals surface area contributed by atoms with Gasteiger partial charge in [0.25, 0.3) is 0 Å². The molecular formula is C28H30O2. The van der Waals surface area contributed by atoms with Gasteiger partial charge in [0.2, 0.25) is 0 Å². The predicted molar refractivity (Wildman–Crippen MR) is 122 cm³/mol. The summed E-state index contributed by atoms with van der Waals surface area (Å²) in [4.78, 5) is 0. The molecule has 3 aromatic rings. The standard InChI is InChI=1S/C28H30O2/c1-3-5-15-29-19-11-13-23-25(17-19)27-21-9-7-8-10-22(21)28(23)26-18-20(12-14-24(26)27)30-16-6-4-2/h7-14,17-18,27-28H,3-6,15-16H2,1-2H3. The Balaban J connectivity index is 1.56. The lowest BCUT2D eigenvalue weighted by molar-refractivity contribution is 0.308. The molecule has 3 aliphatic carbocycles. The molecule has 0 saturated heterocycles. The first-order valence-corrected chi connectivity index (χ1v) is 11.4. The van der Waals surface area contributed by atoms with Gasteiger partial charge >= 0.3 is 0 Å². The van der Waals surface area contributed by atoms with Gasteiger partial charge in [-0.3, -0.25) is 0 Å². The fraction of sp³-hybridized carbons (Fsp3) is 0.357. The van der Waals surface area contributed by atoms with E-state index in [1.165, 1.54) is 33.4 Å². The third-order valence-electron chi connectivity index (χ3n) is 6.51. The molecule has 3 aromatic carbocycles. The molecule has 2 unspecified atom stereocenters. The third-order valence-corrected chi connectivity index (χ3v) is 6.51. The Labute approximate surface area is 179 Å². The lowest BCUT2D eigenvalue weighted by atomic mass is 9.61. The van der Waals surface area contributed by atoms with Crippen molar-refractivity contribution in [2.75, 3.05) is 13.2 Å². The van der Waals surface area contributed by atoms with E-state index in [1.807, 2.05) is 0 Å². The van der Waals surface area contributed by atoms with Crippen LogP contribution in [0.1, 0.15) is 84.7 Å². The van der Waals surface area contributed by atoms with Gasteiger partial charge in [0, 0.05) is 11.8 Å². The maximum Gasteiger partial charge on any atom is 0.119 e. The highest BCUT2D eigenvalue weighted by Crippen LogP contribution is 2.56. The van der Waals surface area contributed by atoms with Gasteiger partial charge in [-0.25, -0.2) is 0 Å². The Morgan fingerprint density at radius 3 is 1.43 bits per heavy atom. The van der Waals surface area contributed by atoms with Crippen LogP contribution in [0.15, 0.2) is 60.7 Å². The summed E-state index contributed by atoms with van der Waals surface area (Å²) in [6.45, 7) is 5.97. The second-order valence-corrected chi connectivity index (χ2v) is 8.48. The summed E-state index contributed by atoms with van der Waals surface area (Å²) >= 11 is 0. The van der Waals surface area contributed by atoms with Crippen molar-refractivity contribution in [3.8, 4) is 11.5 Å². The lowest BCUT2D eigenvalue weighted by Gasteiger charge is -2.42. The SMILES string of the molecule is CCCCOc1ccc2c(c1)C1c3ccccc3C2c2cc(OCCCC)ccc21. The molecule has 6 rings (SSSR count). The van der Waals surface area contributed by atoms with E-state index in [9.17, 15) is 0 Å². The topological polar surface area (TPSA) is 18.5 Å². The summed E-state index contributed by atoms with van der Waals surface area (Å²) in [6, 6.07) is 22.4. The number of rotatable bonds is 8. The van der Waals surface area contributed by atoms with Crippen LogP contribution in [0.3, 0.4) is 0 Å². The zero-order chi connectivity index (χ0) is 20.5. The molecule has 0 amide bonds. The smallest absolute Gasteiger partial charge is 0.119 e. The van der Waals surface area contributed by atoms with Crippen LogP contribution in [0, 0.1) is 0 Å². The van der Waals surface area contributed by atoms with Crippen molar-refractivity contribution in [2.24, 2.45) is 0 Å². The van der Waals surface area contributed by atoms with E-state index in [2.05, 4.69) is 74.5 Å². The quantitative estimate of drug-likeness (QED) is 0.261. The molecule has 2 bridgehead atoms. The Morgan fingerprint density at radius 2 is 1.00 bits per heavy atom. The Kier molecular flexibility index (Phi) is 5.25. The van der Waals surface area contributed by atoms with Crippen molar-refractivity contribution < 1.29 is 9.47 Å². The van der Waals surface area contributed by atoms with E-state index in [0.29, 0.717) is 0 Å². The van der Waals surface area contributed by atoms with Gasteiger partial charge in [0.15, 0.2) is 0 Å². The number of hydrogen-bond donors (Lipinski definition) is 0. The molecule has 2 heteroatoms. The molecule has 0 aliphatic heterocycles. The van der Waals surface area contributed by atoms with Crippen LogP contribution in [0.5, 0.6) is 11.5 Å². The minimum absolute atomic E-state index is 0.274. The van der Waals surface area contributed by atoms with Crippen molar-refractivity contribution in [3.63, 3.8) is 0 Å². The second kappa shape index (κ2) is 8.18. The highest BCUT2D eigenvalue weighted by molar-refractivity contribution is 5.69. The Bertz CT molecular complexity index is 968. The Hall–Kier alpha value is -2.74. The Morgan fingerprint density at radius 1 is 0.567 bits per heavy atom. The summed E-state index contributed by atoms with van der Waals surface area (Å²) < 4.78 is 12.1. The third kappa shape index (κ3) is 3.19. The van der Waals surface area contributed by atoms with Gasteiger partial charge in [-0.2, -0.15) is 0 Å². The van der Waals surface area contributed by atoms with Gasteiger partial charge in [-0.05, 0) is 70.5 Å². The molecule has 2 atom stereocenters. The summed E-state index contributed by atoms with van der Waals surface area (Å²) in [5.74, 6) is 2.54. The molecule has 0 saturated carbocycles. The molecule has 3 aliphatic rings. The van der Waals surface area contributed by atoms with Crippen LogP contribution in [0.4, 0.5) is 0 Å². The van der Waals surface area contributed by atoms with E-state index in [0.717, 1.165) is 50.4 Å². The molecule has 0 radical (unpaired) electrons. The number of hydrogen-bond acceptors (Lipinski definition) is 2. The highest BCUT2D eigenvalue weighted by atomic mass is 16.5. The van der Waals surface area contributed by atoms with Crippen molar-refractivity contribution in [1.82, 2.24) is 0 Å². The molecule has 0 spiro atoms. The molecule has 0 heterocycles. The van der Waals surface area contributed by atoms with Gasteiger partial charge < -0.3 is 9.47 Å². The maximum atomic E-state index is 6.05. The van der Waals surface area contributed by atoms with Crippen molar-refractivity contribution in [1.29, 1.82) is 0 Å². The first-order valence-electron chi connectivity index (χ1n) is 11.4. The van der Waals surface area contributed by atoms with Crippen molar-refractivity contribution >= 4 is 0 Å². The molecule has 0 N–H and O–H groups in total. The zero-order valence-electron chi connectivity index (χ0n) is 18.0. The number of ether oxygens (including phenoxy) is 2. The highest BCUT2D eigenvalue weighted by Gasteiger charge is 2.41. The van der Waals surface area contributed by atoms with Crippen LogP contribution in [-0.2, 0) is 0 Å². The van der Waals surface area contributed by atoms with Gasteiger partial charge in [0.1, 0.15) is 11.5 Å². The average molecular weight is 399 g/mol. The van der Waals surface area contributed by atoms with Gasteiger partial charge in [-0.1, -0.05) is 63.1 Å². The fourth-order valence-corrected chi connectivity index (χ4v) is 5.02. The van der Waals surface area contributed by atoms with Crippen molar-refractivity contribution in [2.45, 2.75) is 51.4 Å². The van der Waals surface area contributed by atoms with Crippen LogP contribution in [0.2, 0.25) is 0 Å². The second-order valence-electron chi connectivity index (χ2n) is 8.48.